The van der Waals surface area contributed by atoms with Crippen LogP contribution >= 0.6 is 31.9 Å². The van der Waals surface area contributed by atoms with E-state index in [0.29, 0.717) is 0 Å². The number of allylic oxidation sites excluding steroid dienone is 1. The predicted molar refractivity (Wildman–Crippen MR) is 123 cm³/mol. The van der Waals surface area contributed by atoms with Gasteiger partial charge in [-0.1, -0.05) is 42.5 Å². The molecule has 0 aliphatic heterocycles. The third kappa shape index (κ3) is 3.01. The van der Waals surface area contributed by atoms with Gasteiger partial charge in [-0.05, 0) is 86.7 Å². The van der Waals surface area contributed by atoms with Gasteiger partial charge in [0, 0.05) is 15.6 Å². The molecule has 0 N–H and O–H groups in total. The van der Waals surface area contributed by atoms with Gasteiger partial charge in [0.1, 0.15) is 11.5 Å². The average Bonchev–Trinajstić information content (AvgIpc) is 3.06. The summed E-state index contributed by atoms with van der Waals surface area (Å²) in [5, 5.41) is 1.33. The van der Waals surface area contributed by atoms with Crippen LogP contribution in [0.15, 0.2) is 81.8 Å². The zero-order valence-corrected chi connectivity index (χ0v) is 18.2. The van der Waals surface area contributed by atoms with Crippen molar-refractivity contribution in [3.05, 3.63) is 93.0 Å². The molecule has 0 atom stereocenters. The van der Waals surface area contributed by atoms with E-state index in [9.17, 15) is 0 Å². The summed E-state index contributed by atoms with van der Waals surface area (Å²) in [4.78, 5) is 0. The zero-order valence-electron chi connectivity index (χ0n) is 15.0. The number of hydrogen-bond acceptors (Lipinski definition) is 1. The van der Waals surface area contributed by atoms with Crippen molar-refractivity contribution in [3.63, 3.8) is 0 Å². The molecule has 5 rings (SSSR count). The van der Waals surface area contributed by atoms with Crippen molar-refractivity contribution in [1.82, 2.24) is 4.57 Å². The average molecular weight is 495 g/mol. The number of para-hydroxylation sites is 2. The molecule has 0 spiro atoms. The van der Waals surface area contributed by atoms with Crippen LogP contribution in [0, 0.1) is 0 Å². The summed E-state index contributed by atoms with van der Waals surface area (Å²) in [6.07, 6.45) is 6.67. The number of aryl methyl sites for hydroxylation is 1. The van der Waals surface area contributed by atoms with Crippen molar-refractivity contribution in [2.45, 2.75) is 12.8 Å². The number of nitrogens with zero attached hydrogens (tertiary/aromatic N) is 1. The third-order valence-corrected chi connectivity index (χ3v) is 6.33. The van der Waals surface area contributed by atoms with Gasteiger partial charge in [0.25, 0.3) is 0 Å². The fourth-order valence-corrected chi connectivity index (χ4v) is 4.74. The summed E-state index contributed by atoms with van der Waals surface area (Å²) in [6.45, 7) is 0. The van der Waals surface area contributed by atoms with Gasteiger partial charge in [-0.25, -0.2) is 0 Å². The van der Waals surface area contributed by atoms with E-state index in [1.54, 1.807) is 0 Å². The van der Waals surface area contributed by atoms with E-state index in [1.165, 1.54) is 22.2 Å². The number of halogens is 2. The maximum Gasteiger partial charge on any atom is 0.142 e. The standard InChI is InChI=1S/C24H17Br2NO/c25-19-15-24(28-16-8-2-1-3-9-16)20(26)14-23(19)27-21-12-6-4-10-17(21)18-11-5-7-13-22(18)27/h1-4,6-10,12-15H,5,11H2. The SMILES string of the molecule is Brc1cc(-n2c3c(c4ccccc42)CCC=C3)c(Br)cc1Oc1ccccc1. The molecule has 28 heavy (non-hydrogen) atoms. The number of ether oxygens (including phenoxy) is 1. The molecule has 0 saturated carbocycles. The van der Waals surface area contributed by atoms with Crippen molar-refractivity contribution in [1.29, 1.82) is 0 Å². The predicted octanol–water partition coefficient (Wildman–Crippen LogP) is 7.91. The maximum absolute atomic E-state index is 6.06. The Labute approximate surface area is 180 Å². The fraction of sp³-hybridized carbons (Fsp3) is 0.0833. The van der Waals surface area contributed by atoms with Crippen LogP contribution in [0.5, 0.6) is 11.5 Å². The smallest absolute Gasteiger partial charge is 0.142 e. The van der Waals surface area contributed by atoms with Crippen molar-refractivity contribution in [2.75, 3.05) is 0 Å². The maximum atomic E-state index is 6.06. The molecule has 4 heteroatoms. The number of benzene rings is 3. The van der Waals surface area contributed by atoms with Gasteiger partial charge in [-0.3, -0.25) is 0 Å². The van der Waals surface area contributed by atoms with Gasteiger partial charge < -0.3 is 9.30 Å². The van der Waals surface area contributed by atoms with Crippen molar-refractivity contribution in [3.8, 4) is 17.2 Å². The van der Waals surface area contributed by atoms with E-state index < -0.39 is 0 Å². The molecule has 1 heterocycles. The molecule has 0 unspecified atom stereocenters. The summed E-state index contributed by atoms with van der Waals surface area (Å²) in [5.41, 5.74) is 5.00. The second kappa shape index (κ2) is 7.26. The van der Waals surface area contributed by atoms with Gasteiger partial charge in [-0.15, -0.1) is 0 Å². The monoisotopic (exact) mass is 493 g/mol. The van der Waals surface area contributed by atoms with E-state index in [0.717, 1.165) is 39.0 Å². The Bertz CT molecular complexity index is 1210. The van der Waals surface area contributed by atoms with E-state index >= 15 is 0 Å². The van der Waals surface area contributed by atoms with E-state index in [4.69, 9.17) is 4.74 Å². The molecular formula is C24H17Br2NO. The fourth-order valence-electron chi connectivity index (χ4n) is 3.83. The summed E-state index contributed by atoms with van der Waals surface area (Å²) in [6, 6.07) is 22.6. The highest BCUT2D eigenvalue weighted by Gasteiger charge is 2.20. The lowest BCUT2D eigenvalue weighted by molar-refractivity contribution is 0.479. The van der Waals surface area contributed by atoms with Crippen molar-refractivity contribution in [2.24, 2.45) is 0 Å². The first-order chi connectivity index (χ1) is 13.7. The molecule has 0 saturated heterocycles. The minimum absolute atomic E-state index is 0.780. The van der Waals surface area contributed by atoms with Gasteiger partial charge in [0.2, 0.25) is 0 Å². The molecular weight excluding hydrogens is 478 g/mol. The molecule has 1 aliphatic rings. The Morgan fingerprint density at radius 1 is 0.857 bits per heavy atom. The Kier molecular flexibility index (Phi) is 4.61. The largest absolute Gasteiger partial charge is 0.456 e. The first-order valence-electron chi connectivity index (χ1n) is 9.23. The Morgan fingerprint density at radius 3 is 2.50 bits per heavy atom. The summed E-state index contributed by atoms with van der Waals surface area (Å²) in [5.74, 6) is 1.59. The van der Waals surface area contributed by atoms with Crippen LogP contribution in [-0.2, 0) is 6.42 Å². The highest BCUT2D eigenvalue weighted by atomic mass is 79.9. The second-order valence-electron chi connectivity index (χ2n) is 6.81. The van der Waals surface area contributed by atoms with Gasteiger partial charge in [-0.2, -0.15) is 0 Å². The summed E-state index contributed by atoms with van der Waals surface area (Å²) in [7, 11) is 0. The van der Waals surface area contributed by atoms with Crippen LogP contribution in [-0.4, -0.2) is 4.57 Å². The highest BCUT2D eigenvalue weighted by molar-refractivity contribution is 9.11. The molecule has 3 aromatic carbocycles. The topological polar surface area (TPSA) is 14.2 Å². The zero-order chi connectivity index (χ0) is 19.1. The molecule has 0 fully saturated rings. The lowest BCUT2D eigenvalue weighted by atomic mass is 10.0. The molecule has 1 aromatic heterocycles. The van der Waals surface area contributed by atoms with Crippen molar-refractivity contribution >= 4 is 48.8 Å². The minimum Gasteiger partial charge on any atom is -0.456 e. The third-order valence-electron chi connectivity index (χ3n) is 5.07. The molecule has 0 amide bonds. The van der Waals surface area contributed by atoms with Gasteiger partial charge >= 0.3 is 0 Å². The quantitative estimate of drug-likeness (QED) is 0.282. The van der Waals surface area contributed by atoms with Crippen LogP contribution in [0.1, 0.15) is 17.7 Å². The van der Waals surface area contributed by atoms with Gasteiger partial charge in [0.15, 0.2) is 0 Å². The van der Waals surface area contributed by atoms with E-state index in [1.807, 2.05) is 36.4 Å². The van der Waals surface area contributed by atoms with Gasteiger partial charge in [0.05, 0.1) is 15.7 Å². The lowest BCUT2D eigenvalue weighted by Gasteiger charge is -2.16. The number of fused-ring (bicyclic) bond motifs is 3. The van der Waals surface area contributed by atoms with Crippen molar-refractivity contribution < 1.29 is 4.74 Å². The van der Waals surface area contributed by atoms with Crippen LogP contribution in [0.4, 0.5) is 0 Å². The first kappa shape index (κ1) is 17.8. The highest BCUT2D eigenvalue weighted by Crippen LogP contribution is 2.40. The molecule has 138 valence electrons. The van der Waals surface area contributed by atoms with E-state index in [-0.39, 0.29) is 0 Å². The minimum atomic E-state index is 0.780. The first-order valence-corrected chi connectivity index (χ1v) is 10.8. The molecule has 1 aliphatic carbocycles. The van der Waals surface area contributed by atoms with Crippen LogP contribution in [0.2, 0.25) is 0 Å². The molecule has 4 aromatic rings. The summed E-state index contributed by atoms with van der Waals surface area (Å²) >= 11 is 7.49. The summed E-state index contributed by atoms with van der Waals surface area (Å²) < 4.78 is 10.3. The Morgan fingerprint density at radius 2 is 1.64 bits per heavy atom. The van der Waals surface area contributed by atoms with Crippen LogP contribution in [0.3, 0.4) is 0 Å². The second-order valence-corrected chi connectivity index (χ2v) is 8.52. The molecule has 0 radical (unpaired) electrons. The number of hydrogen-bond donors (Lipinski definition) is 0. The van der Waals surface area contributed by atoms with Crippen LogP contribution in [0.25, 0.3) is 22.7 Å². The van der Waals surface area contributed by atoms with E-state index in [2.05, 4.69) is 78.9 Å². The number of aromatic nitrogens is 1. The Hall–Kier alpha value is -2.30. The normalized spacial score (nSPS) is 12.9. The number of rotatable bonds is 3. The lowest BCUT2D eigenvalue weighted by Crippen LogP contribution is -2.01. The van der Waals surface area contributed by atoms with Crippen LogP contribution < -0.4 is 4.74 Å². The Balaban J connectivity index is 1.67. The molecule has 2 nitrogen and oxygen atoms in total. The molecule has 0 bridgehead atoms.